The van der Waals surface area contributed by atoms with Gasteiger partial charge in [0.1, 0.15) is 5.78 Å². The standard InChI is InChI=1S/C7H13NO/c1-5(9)6-2-3-7(8)4-6/h6-7H,2-4,8H2,1H3/t6-,7-/m1/s1. The summed E-state index contributed by atoms with van der Waals surface area (Å²) in [6.45, 7) is 1.66. The number of carbonyl (C=O) groups excluding carboxylic acids is 1. The first-order valence-corrected chi connectivity index (χ1v) is 3.46. The van der Waals surface area contributed by atoms with Crippen molar-refractivity contribution in [1.29, 1.82) is 0 Å². The van der Waals surface area contributed by atoms with Gasteiger partial charge in [-0.25, -0.2) is 0 Å². The van der Waals surface area contributed by atoms with Crippen molar-refractivity contribution in [1.82, 2.24) is 0 Å². The van der Waals surface area contributed by atoms with Crippen LogP contribution in [-0.2, 0) is 4.79 Å². The summed E-state index contributed by atoms with van der Waals surface area (Å²) in [5, 5.41) is 0. The van der Waals surface area contributed by atoms with E-state index in [2.05, 4.69) is 0 Å². The smallest absolute Gasteiger partial charge is 0.132 e. The highest BCUT2D eigenvalue weighted by molar-refractivity contribution is 5.78. The van der Waals surface area contributed by atoms with Crippen LogP contribution in [0.5, 0.6) is 0 Å². The minimum Gasteiger partial charge on any atom is -0.328 e. The van der Waals surface area contributed by atoms with Crippen LogP contribution in [0.1, 0.15) is 26.2 Å². The fourth-order valence-corrected chi connectivity index (χ4v) is 1.39. The third-order valence-corrected chi connectivity index (χ3v) is 2.05. The molecule has 0 aromatic rings. The van der Waals surface area contributed by atoms with Gasteiger partial charge in [-0.1, -0.05) is 0 Å². The summed E-state index contributed by atoms with van der Waals surface area (Å²) in [6, 6.07) is 0.291. The molecule has 0 spiro atoms. The van der Waals surface area contributed by atoms with Crippen molar-refractivity contribution in [3.63, 3.8) is 0 Å². The average Bonchev–Trinajstić information content (AvgIpc) is 2.14. The second kappa shape index (κ2) is 2.48. The Balaban J connectivity index is 2.39. The topological polar surface area (TPSA) is 43.1 Å². The molecule has 1 aliphatic carbocycles. The molecule has 2 heteroatoms. The van der Waals surface area contributed by atoms with E-state index in [9.17, 15) is 4.79 Å². The van der Waals surface area contributed by atoms with Crippen molar-refractivity contribution < 1.29 is 4.79 Å². The molecule has 0 heterocycles. The summed E-state index contributed by atoms with van der Waals surface area (Å²) in [7, 11) is 0. The zero-order valence-electron chi connectivity index (χ0n) is 5.76. The SMILES string of the molecule is CC(=O)[C@@H]1CC[C@@H](N)C1. The Kier molecular flexibility index (Phi) is 1.86. The zero-order valence-corrected chi connectivity index (χ0v) is 5.76. The largest absolute Gasteiger partial charge is 0.328 e. The molecule has 1 rings (SSSR count). The normalized spacial score (nSPS) is 34.9. The molecule has 0 saturated heterocycles. The van der Waals surface area contributed by atoms with Crippen molar-refractivity contribution in [3.8, 4) is 0 Å². The van der Waals surface area contributed by atoms with Gasteiger partial charge in [0.25, 0.3) is 0 Å². The molecule has 0 radical (unpaired) electrons. The fraction of sp³-hybridized carbons (Fsp3) is 0.857. The zero-order chi connectivity index (χ0) is 6.85. The predicted molar refractivity (Wildman–Crippen MR) is 36.0 cm³/mol. The molecule has 0 aliphatic heterocycles. The molecule has 0 aromatic carbocycles. The van der Waals surface area contributed by atoms with Crippen LogP contribution < -0.4 is 5.73 Å². The third kappa shape index (κ3) is 1.52. The van der Waals surface area contributed by atoms with Crippen LogP contribution in [-0.4, -0.2) is 11.8 Å². The van der Waals surface area contributed by atoms with Crippen LogP contribution in [0.4, 0.5) is 0 Å². The molecule has 2 atom stereocenters. The van der Waals surface area contributed by atoms with E-state index >= 15 is 0 Å². The molecule has 1 aliphatic rings. The molecule has 2 N–H and O–H groups in total. The van der Waals surface area contributed by atoms with E-state index in [1.807, 2.05) is 0 Å². The van der Waals surface area contributed by atoms with E-state index in [4.69, 9.17) is 5.73 Å². The van der Waals surface area contributed by atoms with Crippen LogP contribution >= 0.6 is 0 Å². The molecule has 1 fully saturated rings. The maximum absolute atomic E-state index is 10.7. The number of hydrogen-bond acceptors (Lipinski definition) is 2. The first kappa shape index (κ1) is 6.75. The summed E-state index contributed by atoms with van der Waals surface area (Å²) in [5.74, 6) is 0.586. The second-order valence-corrected chi connectivity index (χ2v) is 2.88. The highest BCUT2D eigenvalue weighted by atomic mass is 16.1. The number of rotatable bonds is 1. The number of carbonyl (C=O) groups is 1. The molecule has 0 bridgehead atoms. The molecule has 0 aromatic heterocycles. The van der Waals surface area contributed by atoms with Crippen LogP contribution in [0.15, 0.2) is 0 Å². The maximum Gasteiger partial charge on any atom is 0.132 e. The highest BCUT2D eigenvalue weighted by Crippen LogP contribution is 2.24. The lowest BCUT2D eigenvalue weighted by Gasteiger charge is -2.01. The summed E-state index contributed by atoms with van der Waals surface area (Å²) < 4.78 is 0. The summed E-state index contributed by atoms with van der Waals surface area (Å²) in [5.41, 5.74) is 5.61. The number of hydrogen-bond donors (Lipinski definition) is 1. The quantitative estimate of drug-likeness (QED) is 0.563. The lowest BCUT2D eigenvalue weighted by molar-refractivity contribution is -0.120. The Hall–Kier alpha value is -0.370. The van der Waals surface area contributed by atoms with Gasteiger partial charge < -0.3 is 5.73 Å². The van der Waals surface area contributed by atoms with Crippen LogP contribution in [0, 0.1) is 5.92 Å². The van der Waals surface area contributed by atoms with E-state index in [0.717, 1.165) is 19.3 Å². The lowest BCUT2D eigenvalue weighted by Crippen LogP contribution is -2.16. The second-order valence-electron chi connectivity index (χ2n) is 2.88. The molecular weight excluding hydrogens is 114 g/mol. The van der Waals surface area contributed by atoms with Gasteiger partial charge in [0.15, 0.2) is 0 Å². The molecule has 0 amide bonds. The van der Waals surface area contributed by atoms with Gasteiger partial charge in [0.2, 0.25) is 0 Å². The number of nitrogens with two attached hydrogens (primary N) is 1. The number of Topliss-reactive ketones (excluding diaryl/α,β-unsaturated/α-hetero) is 1. The molecule has 1 saturated carbocycles. The van der Waals surface area contributed by atoms with Gasteiger partial charge in [0, 0.05) is 12.0 Å². The average molecular weight is 127 g/mol. The van der Waals surface area contributed by atoms with Gasteiger partial charge in [-0.3, -0.25) is 4.79 Å². The van der Waals surface area contributed by atoms with Crippen molar-refractivity contribution in [3.05, 3.63) is 0 Å². The monoisotopic (exact) mass is 127 g/mol. The van der Waals surface area contributed by atoms with Crippen LogP contribution in [0.3, 0.4) is 0 Å². The highest BCUT2D eigenvalue weighted by Gasteiger charge is 2.24. The van der Waals surface area contributed by atoms with Gasteiger partial charge in [0.05, 0.1) is 0 Å². The summed E-state index contributed by atoms with van der Waals surface area (Å²) >= 11 is 0. The first-order chi connectivity index (χ1) is 4.20. The van der Waals surface area contributed by atoms with Crippen molar-refractivity contribution in [2.75, 3.05) is 0 Å². The molecular formula is C7H13NO. The predicted octanol–water partition coefficient (Wildman–Crippen LogP) is 0.703. The summed E-state index contributed by atoms with van der Waals surface area (Å²) in [6.07, 6.45) is 2.95. The molecule has 2 nitrogen and oxygen atoms in total. The Bertz CT molecular complexity index is 122. The van der Waals surface area contributed by atoms with Crippen LogP contribution in [0.2, 0.25) is 0 Å². The Labute approximate surface area is 55.4 Å². The Morgan fingerprint density at radius 2 is 2.22 bits per heavy atom. The molecule has 9 heavy (non-hydrogen) atoms. The van der Waals surface area contributed by atoms with E-state index < -0.39 is 0 Å². The van der Waals surface area contributed by atoms with E-state index in [-0.39, 0.29) is 5.92 Å². The summed E-state index contributed by atoms with van der Waals surface area (Å²) in [4.78, 5) is 10.7. The Morgan fingerprint density at radius 3 is 2.44 bits per heavy atom. The first-order valence-electron chi connectivity index (χ1n) is 3.46. The molecule has 0 unspecified atom stereocenters. The minimum absolute atomic E-state index is 0.278. The van der Waals surface area contributed by atoms with Crippen molar-refractivity contribution in [2.24, 2.45) is 11.7 Å². The van der Waals surface area contributed by atoms with E-state index in [1.165, 1.54) is 0 Å². The van der Waals surface area contributed by atoms with Gasteiger partial charge in [-0.05, 0) is 26.2 Å². The van der Waals surface area contributed by atoms with Gasteiger partial charge >= 0.3 is 0 Å². The van der Waals surface area contributed by atoms with E-state index in [0.29, 0.717) is 11.8 Å². The Morgan fingerprint density at radius 1 is 1.56 bits per heavy atom. The van der Waals surface area contributed by atoms with Crippen LogP contribution in [0.25, 0.3) is 0 Å². The van der Waals surface area contributed by atoms with Gasteiger partial charge in [-0.15, -0.1) is 0 Å². The fourth-order valence-electron chi connectivity index (χ4n) is 1.39. The minimum atomic E-state index is 0.278. The third-order valence-electron chi connectivity index (χ3n) is 2.05. The lowest BCUT2D eigenvalue weighted by atomic mass is 10.0. The number of ketones is 1. The van der Waals surface area contributed by atoms with E-state index in [1.54, 1.807) is 6.92 Å². The van der Waals surface area contributed by atoms with Crippen molar-refractivity contribution >= 4 is 5.78 Å². The van der Waals surface area contributed by atoms with Gasteiger partial charge in [-0.2, -0.15) is 0 Å². The molecule has 52 valence electrons. The van der Waals surface area contributed by atoms with Crippen molar-refractivity contribution in [2.45, 2.75) is 32.2 Å². The maximum atomic E-state index is 10.7.